The Kier molecular flexibility index (Phi) is 12.2. The molecule has 0 saturated heterocycles. The summed E-state index contributed by atoms with van der Waals surface area (Å²) in [5.74, 6) is -1.64. The zero-order valence-electron chi connectivity index (χ0n) is 22.6. The van der Waals surface area contributed by atoms with Crippen LogP contribution in [0.2, 0.25) is 0 Å². The highest BCUT2D eigenvalue weighted by atomic mass is 32.1. The molecule has 0 spiro atoms. The monoisotopic (exact) mass is 581 g/mol. The van der Waals surface area contributed by atoms with Gasteiger partial charge in [-0.1, -0.05) is 30.3 Å². The number of thiol groups is 1. The van der Waals surface area contributed by atoms with Gasteiger partial charge >= 0.3 is 0 Å². The van der Waals surface area contributed by atoms with Gasteiger partial charge in [-0.3, -0.25) is 19.2 Å². The van der Waals surface area contributed by atoms with Gasteiger partial charge in [-0.05, 0) is 55.1 Å². The second-order valence-corrected chi connectivity index (χ2v) is 10.2. The highest BCUT2D eigenvalue weighted by Gasteiger charge is 2.30. The molecule has 3 aromatic rings. The van der Waals surface area contributed by atoms with Crippen molar-refractivity contribution in [2.75, 3.05) is 12.3 Å². The Morgan fingerprint density at radius 2 is 1.59 bits per heavy atom. The first-order valence-corrected chi connectivity index (χ1v) is 14.1. The summed E-state index contributed by atoms with van der Waals surface area (Å²) >= 11 is 4.06. The van der Waals surface area contributed by atoms with Crippen molar-refractivity contribution in [1.82, 2.24) is 20.9 Å². The first kappa shape index (κ1) is 31.7. The van der Waals surface area contributed by atoms with Gasteiger partial charge in [-0.2, -0.15) is 12.6 Å². The number of H-pyrrole nitrogens is 1. The van der Waals surface area contributed by atoms with E-state index in [2.05, 4.69) is 33.6 Å². The van der Waals surface area contributed by atoms with E-state index in [0.29, 0.717) is 31.4 Å². The third-order valence-corrected chi connectivity index (χ3v) is 7.07. The van der Waals surface area contributed by atoms with Gasteiger partial charge in [0.25, 0.3) is 0 Å². The van der Waals surface area contributed by atoms with Gasteiger partial charge in [0.1, 0.15) is 17.8 Å². The Hall–Kier alpha value is -3.87. The normalized spacial score (nSPS) is 14.0. The Balaban J connectivity index is 1.86. The fourth-order valence-electron chi connectivity index (χ4n) is 4.37. The Labute approximate surface area is 244 Å². The Morgan fingerprint density at radius 3 is 2.27 bits per heavy atom. The van der Waals surface area contributed by atoms with Crippen molar-refractivity contribution in [2.45, 2.75) is 56.3 Å². The molecule has 1 heterocycles. The van der Waals surface area contributed by atoms with Gasteiger partial charge < -0.3 is 37.5 Å². The molecule has 0 aliphatic heterocycles. The fourth-order valence-corrected chi connectivity index (χ4v) is 4.53. The summed E-state index contributed by atoms with van der Waals surface area (Å²) in [6.07, 6.45) is 5.49. The molecule has 0 fully saturated rings. The van der Waals surface area contributed by atoms with Gasteiger partial charge in [0.15, 0.2) is 0 Å². The van der Waals surface area contributed by atoms with Crippen LogP contribution in [0, 0.1) is 0 Å². The lowest BCUT2D eigenvalue weighted by Crippen LogP contribution is -2.58. The maximum absolute atomic E-state index is 13.6. The SMILES string of the molecule is NCCCC[C@@H]([C]=O)NC(=O)[C@@H](Cc1c[nH]c2ccccc12)NC(=O)[C@H](Cc1ccc(O)cc1)NC(=O)[C@@H](N)CS. The van der Waals surface area contributed by atoms with E-state index in [1.54, 1.807) is 18.3 Å². The zero-order chi connectivity index (χ0) is 29.8. The van der Waals surface area contributed by atoms with Crippen LogP contribution in [0.4, 0.5) is 0 Å². The zero-order valence-corrected chi connectivity index (χ0v) is 23.5. The van der Waals surface area contributed by atoms with Crippen molar-refractivity contribution in [2.24, 2.45) is 11.5 Å². The number of amides is 3. The van der Waals surface area contributed by atoms with Crippen molar-refractivity contribution in [3.63, 3.8) is 0 Å². The number of fused-ring (bicyclic) bond motifs is 1. The summed E-state index contributed by atoms with van der Waals surface area (Å²) in [6, 6.07) is 9.77. The predicted molar refractivity (Wildman–Crippen MR) is 160 cm³/mol. The molecule has 1 radical (unpaired) electrons. The van der Waals surface area contributed by atoms with Crippen LogP contribution in [0.3, 0.4) is 0 Å². The minimum atomic E-state index is -1.09. The number of carbonyl (C=O) groups excluding carboxylic acids is 4. The molecule has 4 atom stereocenters. The quantitative estimate of drug-likeness (QED) is 0.0897. The number of aromatic nitrogens is 1. The minimum absolute atomic E-state index is 0.0550. The van der Waals surface area contributed by atoms with Crippen LogP contribution < -0.4 is 27.4 Å². The number of phenolic OH excluding ortho intramolecular Hbond substituents is 1. The average molecular weight is 582 g/mol. The van der Waals surface area contributed by atoms with Gasteiger partial charge in [0.05, 0.1) is 12.1 Å². The number of hydrogen-bond acceptors (Lipinski definition) is 8. The predicted octanol–water partition coefficient (Wildman–Crippen LogP) is 0.609. The molecule has 0 aliphatic rings. The maximum Gasteiger partial charge on any atom is 0.243 e. The molecule has 12 heteroatoms. The first-order valence-electron chi connectivity index (χ1n) is 13.4. The smallest absolute Gasteiger partial charge is 0.243 e. The highest BCUT2D eigenvalue weighted by molar-refractivity contribution is 7.80. The molecule has 0 unspecified atom stereocenters. The number of hydrogen-bond donors (Lipinski definition) is 8. The van der Waals surface area contributed by atoms with Crippen LogP contribution >= 0.6 is 12.6 Å². The lowest BCUT2D eigenvalue weighted by Gasteiger charge is -2.25. The van der Waals surface area contributed by atoms with Gasteiger partial charge in [-0.15, -0.1) is 0 Å². The molecule has 0 bridgehead atoms. The van der Waals surface area contributed by atoms with E-state index in [4.69, 9.17) is 11.5 Å². The number of phenols is 1. The summed E-state index contributed by atoms with van der Waals surface area (Å²) in [7, 11) is 0. The molecule has 0 aliphatic carbocycles. The van der Waals surface area contributed by atoms with Crippen LogP contribution in [-0.2, 0) is 32.0 Å². The number of unbranched alkanes of at least 4 members (excludes halogenated alkanes) is 1. The van der Waals surface area contributed by atoms with E-state index in [0.717, 1.165) is 16.5 Å². The number of aromatic amines is 1. The molecule has 3 rings (SSSR count). The molecular weight excluding hydrogens is 544 g/mol. The Morgan fingerprint density at radius 1 is 0.927 bits per heavy atom. The van der Waals surface area contributed by atoms with Crippen LogP contribution in [0.1, 0.15) is 30.4 Å². The van der Waals surface area contributed by atoms with Crippen LogP contribution in [0.25, 0.3) is 10.9 Å². The molecule has 41 heavy (non-hydrogen) atoms. The van der Waals surface area contributed by atoms with E-state index in [1.807, 2.05) is 30.6 Å². The minimum Gasteiger partial charge on any atom is -0.508 e. The summed E-state index contributed by atoms with van der Waals surface area (Å²) in [5.41, 5.74) is 13.7. The second-order valence-electron chi connectivity index (χ2n) is 9.81. The van der Waals surface area contributed by atoms with E-state index in [9.17, 15) is 24.3 Å². The first-order chi connectivity index (χ1) is 19.7. The third kappa shape index (κ3) is 9.34. The second kappa shape index (κ2) is 15.8. The van der Waals surface area contributed by atoms with Crippen LogP contribution in [-0.4, -0.2) is 70.6 Å². The standard InChI is InChI=1S/C29H37N6O5S/c30-12-4-3-5-20(16-36)33-28(39)26(14-19-15-32-24-7-2-1-6-22(19)24)35-29(40)25(34-27(38)23(31)17-41)13-18-8-10-21(37)11-9-18/h1-2,6-11,15,20,23,25-26,32,37,41H,3-5,12-14,17,30-31H2,(H,33,39)(H,34,38)(H,35,40)/t20-,23-,25-,26+/m0/s1. The third-order valence-electron chi connectivity index (χ3n) is 6.68. The van der Waals surface area contributed by atoms with Gasteiger partial charge in [0, 0.05) is 35.7 Å². The topological polar surface area (TPSA) is 192 Å². The molecule has 11 nitrogen and oxygen atoms in total. The number of rotatable bonds is 16. The van der Waals surface area contributed by atoms with Crippen molar-refractivity contribution in [3.05, 3.63) is 65.9 Å². The summed E-state index contributed by atoms with van der Waals surface area (Å²) in [4.78, 5) is 54.4. The molecule has 0 saturated carbocycles. The molecule has 1 aromatic heterocycles. The number of benzene rings is 2. The number of nitrogens with one attached hydrogen (secondary N) is 4. The Bertz CT molecular complexity index is 1310. The van der Waals surface area contributed by atoms with E-state index >= 15 is 0 Å². The van der Waals surface area contributed by atoms with Crippen molar-refractivity contribution < 1.29 is 24.3 Å². The highest BCUT2D eigenvalue weighted by Crippen LogP contribution is 2.20. The van der Waals surface area contributed by atoms with Gasteiger partial charge in [-0.25, -0.2) is 0 Å². The van der Waals surface area contributed by atoms with Gasteiger partial charge in [0.2, 0.25) is 24.0 Å². The lowest BCUT2D eigenvalue weighted by molar-refractivity contribution is -0.132. The van der Waals surface area contributed by atoms with Crippen LogP contribution in [0.15, 0.2) is 54.7 Å². The molecule has 219 valence electrons. The van der Waals surface area contributed by atoms with E-state index < -0.39 is 41.9 Å². The summed E-state index contributed by atoms with van der Waals surface area (Å²) in [6.45, 7) is 0.462. The number of para-hydroxylation sites is 1. The molecular formula is C29H37N6O5S. The van der Waals surface area contributed by atoms with Crippen molar-refractivity contribution in [1.29, 1.82) is 0 Å². The van der Waals surface area contributed by atoms with E-state index in [1.165, 1.54) is 12.1 Å². The van der Waals surface area contributed by atoms with E-state index in [-0.39, 0.29) is 24.3 Å². The molecule has 3 amide bonds. The average Bonchev–Trinajstić information content (AvgIpc) is 3.39. The maximum atomic E-state index is 13.6. The fraction of sp³-hybridized carbons (Fsp3) is 0.379. The molecule has 9 N–H and O–H groups in total. The van der Waals surface area contributed by atoms with Crippen molar-refractivity contribution in [3.8, 4) is 5.75 Å². The largest absolute Gasteiger partial charge is 0.508 e. The molecule has 2 aromatic carbocycles. The summed E-state index contributed by atoms with van der Waals surface area (Å²) in [5, 5.41) is 18.6. The number of aromatic hydroxyl groups is 1. The number of nitrogens with two attached hydrogens (primary N) is 2. The van der Waals surface area contributed by atoms with Crippen molar-refractivity contribution >= 4 is 47.5 Å². The van der Waals surface area contributed by atoms with Crippen LogP contribution in [0.5, 0.6) is 5.75 Å². The number of carbonyl (C=O) groups is 3. The lowest BCUT2D eigenvalue weighted by atomic mass is 10.0. The summed E-state index contributed by atoms with van der Waals surface area (Å²) < 4.78 is 0.